The lowest BCUT2D eigenvalue weighted by Gasteiger charge is -2.22. The molecule has 0 bridgehead atoms. The van der Waals surface area contributed by atoms with Gasteiger partial charge in [-0.2, -0.15) is 0 Å². The summed E-state index contributed by atoms with van der Waals surface area (Å²) in [7, 11) is -3.51. The highest BCUT2D eigenvalue weighted by Gasteiger charge is 2.49. The summed E-state index contributed by atoms with van der Waals surface area (Å²) in [5.41, 5.74) is 0.374. The summed E-state index contributed by atoms with van der Waals surface area (Å²) in [6, 6.07) is 10.3. The SMILES string of the molecule is Cc1ccc(C2(C)NC(=O)N(CC(=O)Nc3cc(S(C)(=O)=O)ccc3Cl)C2=O)cc1. The van der Waals surface area contributed by atoms with Crippen molar-refractivity contribution in [1.82, 2.24) is 10.2 Å². The Balaban J connectivity index is 1.78. The van der Waals surface area contributed by atoms with E-state index in [9.17, 15) is 22.8 Å². The average molecular weight is 450 g/mol. The van der Waals surface area contributed by atoms with Gasteiger partial charge in [-0.15, -0.1) is 0 Å². The third-order valence-electron chi connectivity index (χ3n) is 4.85. The summed E-state index contributed by atoms with van der Waals surface area (Å²) in [4.78, 5) is 38.6. The summed E-state index contributed by atoms with van der Waals surface area (Å²) in [6.07, 6.45) is 1.03. The predicted octanol–water partition coefficient (Wildman–Crippen LogP) is 2.46. The van der Waals surface area contributed by atoms with Gasteiger partial charge in [0, 0.05) is 6.26 Å². The summed E-state index contributed by atoms with van der Waals surface area (Å²) in [5.74, 6) is -1.26. The van der Waals surface area contributed by atoms with Crippen LogP contribution >= 0.6 is 11.6 Å². The topological polar surface area (TPSA) is 113 Å². The van der Waals surface area contributed by atoms with Crippen molar-refractivity contribution in [2.24, 2.45) is 0 Å². The van der Waals surface area contributed by atoms with Crippen LogP contribution in [0, 0.1) is 6.92 Å². The largest absolute Gasteiger partial charge is 0.325 e. The molecule has 1 fully saturated rings. The Morgan fingerprint density at radius 2 is 1.80 bits per heavy atom. The number of nitrogens with one attached hydrogen (secondary N) is 2. The first-order valence-electron chi connectivity index (χ1n) is 8.92. The molecule has 4 amide bonds. The zero-order valence-electron chi connectivity index (χ0n) is 16.5. The maximum atomic E-state index is 12.9. The van der Waals surface area contributed by atoms with Crippen molar-refractivity contribution in [3.63, 3.8) is 0 Å². The van der Waals surface area contributed by atoms with Crippen LogP contribution < -0.4 is 10.6 Å². The van der Waals surface area contributed by atoms with E-state index in [1.54, 1.807) is 19.1 Å². The van der Waals surface area contributed by atoms with Gasteiger partial charge < -0.3 is 10.6 Å². The minimum atomic E-state index is -3.51. The zero-order valence-corrected chi connectivity index (χ0v) is 18.1. The first kappa shape index (κ1) is 21.8. The van der Waals surface area contributed by atoms with Gasteiger partial charge in [0.1, 0.15) is 12.1 Å². The van der Waals surface area contributed by atoms with Crippen molar-refractivity contribution in [3.8, 4) is 0 Å². The maximum absolute atomic E-state index is 12.9. The van der Waals surface area contributed by atoms with Crippen LogP contribution in [0.3, 0.4) is 0 Å². The van der Waals surface area contributed by atoms with Gasteiger partial charge in [0.05, 0.1) is 15.6 Å². The van der Waals surface area contributed by atoms with Crippen LogP contribution in [0.1, 0.15) is 18.1 Å². The number of amides is 4. The van der Waals surface area contributed by atoms with Gasteiger partial charge in [-0.25, -0.2) is 13.2 Å². The molecule has 158 valence electrons. The van der Waals surface area contributed by atoms with Gasteiger partial charge >= 0.3 is 6.03 Å². The second-order valence-corrected chi connectivity index (χ2v) is 9.70. The molecule has 1 saturated heterocycles. The number of hydrogen-bond acceptors (Lipinski definition) is 5. The van der Waals surface area contributed by atoms with E-state index in [0.717, 1.165) is 16.7 Å². The van der Waals surface area contributed by atoms with Gasteiger partial charge in [-0.05, 0) is 37.6 Å². The Kier molecular flexibility index (Phi) is 5.62. The summed E-state index contributed by atoms with van der Waals surface area (Å²) >= 11 is 6.03. The number of aryl methyl sites for hydroxylation is 1. The van der Waals surface area contributed by atoms with Crippen molar-refractivity contribution in [2.75, 3.05) is 18.1 Å². The van der Waals surface area contributed by atoms with Crippen LogP contribution in [-0.4, -0.2) is 44.0 Å². The maximum Gasteiger partial charge on any atom is 0.325 e. The molecule has 0 radical (unpaired) electrons. The van der Waals surface area contributed by atoms with Crippen LogP contribution in [-0.2, 0) is 25.0 Å². The second-order valence-electron chi connectivity index (χ2n) is 7.27. The van der Waals surface area contributed by atoms with Gasteiger partial charge in [0.25, 0.3) is 5.91 Å². The molecule has 30 heavy (non-hydrogen) atoms. The van der Waals surface area contributed by atoms with Crippen LogP contribution in [0.4, 0.5) is 10.5 Å². The number of carbonyl (C=O) groups excluding carboxylic acids is 3. The van der Waals surface area contributed by atoms with Gasteiger partial charge in [0.2, 0.25) is 5.91 Å². The highest BCUT2D eigenvalue weighted by Crippen LogP contribution is 2.29. The Labute approximate surface area is 179 Å². The fraction of sp³-hybridized carbons (Fsp3) is 0.250. The zero-order chi connectivity index (χ0) is 22.3. The number of anilines is 1. The molecule has 1 atom stereocenters. The molecule has 1 aliphatic heterocycles. The van der Waals surface area contributed by atoms with Crippen molar-refractivity contribution in [2.45, 2.75) is 24.3 Å². The average Bonchev–Trinajstić information content (AvgIpc) is 2.87. The molecule has 0 spiro atoms. The molecule has 8 nitrogen and oxygen atoms in total. The van der Waals surface area contributed by atoms with E-state index >= 15 is 0 Å². The lowest BCUT2D eigenvalue weighted by Crippen LogP contribution is -2.42. The molecule has 0 saturated carbocycles. The highest BCUT2D eigenvalue weighted by atomic mass is 35.5. The number of carbonyl (C=O) groups is 3. The van der Waals surface area contributed by atoms with E-state index < -0.39 is 39.8 Å². The number of nitrogens with zero attached hydrogens (tertiary/aromatic N) is 1. The molecule has 1 aliphatic rings. The van der Waals surface area contributed by atoms with Gasteiger partial charge in [-0.1, -0.05) is 41.4 Å². The van der Waals surface area contributed by atoms with Crippen LogP contribution in [0.2, 0.25) is 5.02 Å². The van der Waals surface area contributed by atoms with Crippen molar-refractivity contribution < 1.29 is 22.8 Å². The molecule has 2 aromatic rings. The lowest BCUT2D eigenvalue weighted by atomic mass is 9.91. The van der Waals surface area contributed by atoms with E-state index in [-0.39, 0.29) is 15.6 Å². The molecule has 2 aromatic carbocycles. The number of sulfone groups is 1. The van der Waals surface area contributed by atoms with Crippen LogP contribution in [0.25, 0.3) is 0 Å². The molecule has 3 rings (SSSR count). The summed E-state index contributed by atoms with van der Waals surface area (Å²) in [5, 5.41) is 5.21. The number of benzene rings is 2. The van der Waals surface area contributed by atoms with Crippen molar-refractivity contribution >= 4 is 45.0 Å². The Morgan fingerprint density at radius 1 is 1.17 bits per heavy atom. The molecular formula is C20H20ClN3O5S. The van der Waals surface area contributed by atoms with E-state index in [1.807, 2.05) is 19.1 Å². The number of imide groups is 1. The number of halogens is 1. The van der Waals surface area contributed by atoms with E-state index in [0.29, 0.717) is 5.56 Å². The number of hydrogen-bond donors (Lipinski definition) is 2. The second kappa shape index (κ2) is 7.73. The fourth-order valence-corrected chi connectivity index (χ4v) is 3.90. The van der Waals surface area contributed by atoms with Crippen molar-refractivity contribution in [1.29, 1.82) is 0 Å². The van der Waals surface area contributed by atoms with Crippen molar-refractivity contribution in [3.05, 3.63) is 58.6 Å². The molecular weight excluding hydrogens is 430 g/mol. The van der Waals surface area contributed by atoms with E-state index in [4.69, 9.17) is 11.6 Å². The molecule has 1 unspecified atom stereocenters. The first-order chi connectivity index (χ1) is 13.9. The highest BCUT2D eigenvalue weighted by molar-refractivity contribution is 7.90. The van der Waals surface area contributed by atoms with Gasteiger partial charge in [0.15, 0.2) is 9.84 Å². The minimum absolute atomic E-state index is 0.0239. The Bertz CT molecular complexity index is 1150. The number of urea groups is 1. The fourth-order valence-electron chi connectivity index (χ4n) is 3.09. The third kappa shape index (κ3) is 4.17. The van der Waals surface area contributed by atoms with Crippen LogP contribution in [0.5, 0.6) is 0 Å². The Morgan fingerprint density at radius 3 is 2.40 bits per heavy atom. The quantitative estimate of drug-likeness (QED) is 0.681. The minimum Gasteiger partial charge on any atom is -0.323 e. The third-order valence-corrected chi connectivity index (χ3v) is 6.29. The smallest absolute Gasteiger partial charge is 0.323 e. The number of rotatable bonds is 5. The van der Waals surface area contributed by atoms with Gasteiger partial charge in [-0.3, -0.25) is 14.5 Å². The van der Waals surface area contributed by atoms with E-state index in [2.05, 4.69) is 10.6 Å². The lowest BCUT2D eigenvalue weighted by molar-refractivity contribution is -0.133. The summed E-state index contributed by atoms with van der Waals surface area (Å²) < 4.78 is 23.4. The normalized spacial score (nSPS) is 19.0. The predicted molar refractivity (Wildman–Crippen MR) is 112 cm³/mol. The monoisotopic (exact) mass is 449 g/mol. The molecule has 10 heteroatoms. The van der Waals surface area contributed by atoms with E-state index in [1.165, 1.54) is 18.2 Å². The molecule has 0 aromatic heterocycles. The van der Waals surface area contributed by atoms with Crippen LogP contribution in [0.15, 0.2) is 47.4 Å². The first-order valence-corrected chi connectivity index (χ1v) is 11.2. The standard InChI is InChI=1S/C20H20ClN3O5S/c1-12-4-6-13(7-5-12)20(2)18(26)24(19(27)23-20)11-17(25)22-16-10-14(30(3,28)29)8-9-15(16)21/h4-10H,11H2,1-3H3,(H,22,25)(H,23,27). The molecule has 2 N–H and O–H groups in total. The molecule has 1 heterocycles. The molecule has 0 aliphatic carbocycles. The Hall–Kier alpha value is -2.91. The summed E-state index contributed by atoms with van der Waals surface area (Å²) in [6.45, 7) is 2.93.